The van der Waals surface area contributed by atoms with E-state index in [1.54, 1.807) is 7.11 Å². The molecule has 76 valence electrons. The standard InChI is InChI=1S/C6H14O.C4H10O/c1-3-4-5-6-7-2;1-3-5-4-2/h3-6H2,1-2H3;3-4H2,1-2H3. The molecule has 0 unspecified atom stereocenters. The minimum absolute atomic E-state index is 0.844. The van der Waals surface area contributed by atoms with Crippen molar-refractivity contribution >= 4 is 0 Å². The summed E-state index contributed by atoms with van der Waals surface area (Å²) in [6.07, 6.45) is 3.80. The van der Waals surface area contributed by atoms with Crippen LogP contribution in [0.25, 0.3) is 0 Å². The van der Waals surface area contributed by atoms with Gasteiger partial charge in [-0.1, -0.05) is 19.8 Å². The molecule has 12 heavy (non-hydrogen) atoms. The van der Waals surface area contributed by atoms with Crippen molar-refractivity contribution in [1.82, 2.24) is 0 Å². The average Bonchev–Trinajstić information content (AvgIpc) is 2.08. The summed E-state index contributed by atoms with van der Waals surface area (Å²) < 4.78 is 9.68. The fourth-order valence-electron chi connectivity index (χ4n) is 0.701. The van der Waals surface area contributed by atoms with Crippen molar-refractivity contribution in [1.29, 1.82) is 0 Å². The summed E-state index contributed by atoms with van der Waals surface area (Å²) in [7, 11) is 1.75. The van der Waals surface area contributed by atoms with E-state index in [0.29, 0.717) is 0 Å². The third-order valence-corrected chi connectivity index (χ3v) is 1.36. The molecule has 0 aromatic carbocycles. The quantitative estimate of drug-likeness (QED) is 0.579. The van der Waals surface area contributed by atoms with Crippen LogP contribution in [0.3, 0.4) is 0 Å². The molecule has 2 heteroatoms. The minimum Gasteiger partial charge on any atom is -0.385 e. The predicted molar refractivity (Wildman–Crippen MR) is 53.6 cm³/mol. The van der Waals surface area contributed by atoms with Crippen molar-refractivity contribution in [3.8, 4) is 0 Å². The van der Waals surface area contributed by atoms with Crippen LogP contribution in [-0.2, 0) is 9.47 Å². The Morgan fingerprint density at radius 2 is 1.50 bits per heavy atom. The largest absolute Gasteiger partial charge is 0.385 e. The van der Waals surface area contributed by atoms with E-state index in [4.69, 9.17) is 9.47 Å². The lowest BCUT2D eigenvalue weighted by atomic mass is 10.3. The first-order valence-electron chi connectivity index (χ1n) is 4.90. The first kappa shape index (κ1) is 14.4. The Hall–Kier alpha value is -0.0800. The molecule has 0 N–H and O–H groups in total. The Morgan fingerprint density at radius 3 is 1.75 bits per heavy atom. The molecular weight excluding hydrogens is 152 g/mol. The van der Waals surface area contributed by atoms with Gasteiger partial charge >= 0.3 is 0 Å². The lowest BCUT2D eigenvalue weighted by molar-refractivity contribution is 0.162. The molecule has 0 saturated heterocycles. The number of ether oxygens (including phenoxy) is 2. The maximum Gasteiger partial charge on any atom is 0.0462 e. The van der Waals surface area contributed by atoms with Crippen molar-refractivity contribution in [2.24, 2.45) is 0 Å². The predicted octanol–water partition coefficient (Wildman–Crippen LogP) is 2.87. The number of methoxy groups -OCH3 is 1. The van der Waals surface area contributed by atoms with Crippen molar-refractivity contribution in [3.63, 3.8) is 0 Å². The van der Waals surface area contributed by atoms with Crippen LogP contribution in [0, 0.1) is 0 Å². The van der Waals surface area contributed by atoms with Gasteiger partial charge in [0.1, 0.15) is 0 Å². The van der Waals surface area contributed by atoms with Crippen molar-refractivity contribution in [2.45, 2.75) is 40.0 Å². The molecule has 0 amide bonds. The third kappa shape index (κ3) is 22.5. The highest BCUT2D eigenvalue weighted by molar-refractivity contribution is 4.32. The molecule has 0 radical (unpaired) electrons. The van der Waals surface area contributed by atoms with E-state index in [1.165, 1.54) is 19.3 Å². The van der Waals surface area contributed by atoms with Gasteiger partial charge in [0.15, 0.2) is 0 Å². The van der Waals surface area contributed by atoms with Gasteiger partial charge in [-0.05, 0) is 20.3 Å². The van der Waals surface area contributed by atoms with Crippen LogP contribution >= 0.6 is 0 Å². The molecule has 0 saturated carbocycles. The van der Waals surface area contributed by atoms with Crippen LogP contribution < -0.4 is 0 Å². The van der Waals surface area contributed by atoms with Crippen LogP contribution in [-0.4, -0.2) is 26.9 Å². The number of hydrogen-bond donors (Lipinski definition) is 0. The SMILES string of the molecule is CCCCCOC.CCOCC. The Balaban J connectivity index is 0. The summed E-state index contributed by atoms with van der Waals surface area (Å²) in [5, 5.41) is 0. The molecule has 0 aliphatic rings. The smallest absolute Gasteiger partial charge is 0.0462 e. The van der Waals surface area contributed by atoms with E-state index in [-0.39, 0.29) is 0 Å². The molecule has 0 aromatic heterocycles. The van der Waals surface area contributed by atoms with Crippen LogP contribution in [0.1, 0.15) is 40.0 Å². The summed E-state index contributed by atoms with van der Waals surface area (Å²) in [5.41, 5.74) is 0. The van der Waals surface area contributed by atoms with Gasteiger partial charge in [0, 0.05) is 26.9 Å². The topological polar surface area (TPSA) is 18.5 Å². The van der Waals surface area contributed by atoms with E-state index in [9.17, 15) is 0 Å². The molecular formula is C10H24O2. The lowest BCUT2D eigenvalue weighted by Crippen LogP contribution is -1.85. The van der Waals surface area contributed by atoms with E-state index in [2.05, 4.69) is 6.92 Å². The average molecular weight is 176 g/mol. The van der Waals surface area contributed by atoms with Crippen molar-refractivity contribution in [2.75, 3.05) is 26.9 Å². The van der Waals surface area contributed by atoms with E-state index < -0.39 is 0 Å². The van der Waals surface area contributed by atoms with Crippen LogP contribution in [0.4, 0.5) is 0 Å². The normalized spacial score (nSPS) is 9.00. The van der Waals surface area contributed by atoms with Gasteiger partial charge in [0.2, 0.25) is 0 Å². The highest BCUT2D eigenvalue weighted by atomic mass is 16.5. The first-order valence-corrected chi connectivity index (χ1v) is 4.90. The van der Waals surface area contributed by atoms with Gasteiger partial charge in [-0.15, -0.1) is 0 Å². The molecule has 0 rings (SSSR count). The molecule has 0 fully saturated rings. The molecule has 0 aromatic rings. The van der Waals surface area contributed by atoms with Crippen LogP contribution in [0.5, 0.6) is 0 Å². The Labute approximate surface area is 77.3 Å². The minimum atomic E-state index is 0.844. The van der Waals surface area contributed by atoms with Crippen LogP contribution in [0.15, 0.2) is 0 Å². The zero-order valence-corrected chi connectivity index (χ0v) is 9.06. The summed E-state index contributed by atoms with van der Waals surface area (Å²) in [5.74, 6) is 0. The monoisotopic (exact) mass is 176 g/mol. The molecule has 0 bridgehead atoms. The number of hydrogen-bond acceptors (Lipinski definition) is 2. The van der Waals surface area contributed by atoms with Gasteiger partial charge in [0.05, 0.1) is 0 Å². The van der Waals surface area contributed by atoms with Crippen LogP contribution in [0.2, 0.25) is 0 Å². The third-order valence-electron chi connectivity index (χ3n) is 1.36. The summed E-state index contributed by atoms with van der Waals surface area (Å²) >= 11 is 0. The summed E-state index contributed by atoms with van der Waals surface area (Å²) in [6, 6.07) is 0. The first-order chi connectivity index (χ1) is 5.83. The lowest BCUT2D eigenvalue weighted by Gasteiger charge is -1.92. The Kier molecular flexibility index (Phi) is 20.6. The second-order valence-corrected chi connectivity index (χ2v) is 2.48. The maximum absolute atomic E-state index is 4.84. The Bertz CT molecular complexity index is 49.8. The fourth-order valence-corrected chi connectivity index (χ4v) is 0.701. The fraction of sp³-hybridized carbons (Fsp3) is 1.00. The van der Waals surface area contributed by atoms with Gasteiger partial charge in [-0.2, -0.15) is 0 Å². The van der Waals surface area contributed by atoms with Gasteiger partial charge in [-0.25, -0.2) is 0 Å². The summed E-state index contributed by atoms with van der Waals surface area (Å²) in [4.78, 5) is 0. The van der Waals surface area contributed by atoms with E-state index >= 15 is 0 Å². The number of rotatable bonds is 6. The molecule has 0 heterocycles. The van der Waals surface area contributed by atoms with Gasteiger partial charge in [-0.3, -0.25) is 0 Å². The maximum atomic E-state index is 4.84. The zero-order chi connectivity index (χ0) is 9.66. The number of unbranched alkanes of at least 4 members (excludes halogenated alkanes) is 2. The Morgan fingerprint density at radius 1 is 0.917 bits per heavy atom. The highest BCUT2D eigenvalue weighted by Crippen LogP contribution is 1.91. The second-order valence-electron chi connectivity index (χ2n) is 2.48. The van der Waals surface area contributed by atoms with Gasteiger partial charge in [0.25, 0.3) is 0 Å². The molecule has 0 aliphatic carbocycles. The molecule has 0 spiro atoms. The van der Waals surface area contributed by atoms with Crippen molar-refractivity contribution in [3.05, 3.63) is 0 Å². The van der Waals surface area contributed by atoms with Crippen molar-refractivity contribution < 1.29 is 9.47 Å². The van der Waals surface area contributed by atoms with E-state index in [1.807, 2.05) is 13.8 Å². The molecule has 0 atom stereocenters. The zero-order valence-electron chi connectivity index (χ0n) is 9.06. The van der Waals surface area contributed by atoms with E-state index in [0.717, 1.165) is 19.8 Å². The molecule has 2 nitrogen and oxygen atoms in total. The second kappa shape index (κ2) is 17.1. The summed E-state index contributed by atoms with van der Waals surface area (Å²) in [6.45, 7) is 8.78. The van der Waals surface area contributed by atoms with Gasteiger partial charge < -0.3 is 9.47 Å². The molecule has 0 aliphatic heterocycles. The highest BCUT2D eigenvalue weighted by Gasteiger charge is 1.79.